The first-order valence-electron chi connectivity index (χ1n) is 9.55. The molecule has 0 atom stereocenters. The number of rotatable bonds is 6. The first-order chi connectivity index (χ1) is 14.0. The highest BCUT2D eigenvalue weighted by Crippen LogP contribution is 2.33. The lowest BCUT2D eigenvalue weighted by atomic mass is 9.93. The van der Waals surface area contributed by atoms with Crippen molar-refractivity contribution >= 4 is 27.7 Å². The molecular formula is C22H25FN2O4S. The number of carbonyl (C=O) groups is 1. The van der Waals surface area contributed by atoms with E-state index in [-0.39, 0.29) is 23.7 Å². The van der Waals surface area contributed by atoms with Crippen molar-refractivity contribution in [2.45, 2.75) is 38.8 Å². The maximum Gasteiger partial charge on any atom is 0.244 e. The Morgan fingerprint density at radius 3 is 2.70 bits per heavy atom. The number of ether oxygens (including phenoxy) is 1. The van der Waals surface area contributed by atoms with Crippen LogP contribution in [-0.4, -0.2) is 26.2 Å². The van der Waals surface area contributed by atoms with Crippen LogP contribution in [0.4, 0.5) is 10.1 Å². The van der Waals surface area contributed by atoms with Gasteiger partial charge in [0.1, 0.15) is 17.2 Å². The lowest BCUT2D eigenvalue weighted by Gasteiger charge is -2.32. The standard InChI is InChI=1S/C22H25FN2O4S/c1-22(2)11-10-17-12-15(5-8-20(17)29-22)6-9-21(26)24-14-16-4-7-19(18(23)13-16)25-30(3,27)28/h4-9,12-13,25H,10-11,14H2,1-3H3,(H,24,26)/b9-6+. The lowest BCUT2D eigenvalue weighted by Crippen LogP contribution is -2.32. The molecule has 8 heteroatoms. The van der Waals surface area contributed by atoms with Crippen molar-refractivity contribution in [2.24, 2.45) is 0 Å². The largest absolute Gasteiger partial charge is 0.488 e. The molecule has 0 fully saturated rings. The summed E-state index contributed by atoms with van der Waals surface area (Å²) < 4.78 is 44.5. The fraction of sp³-hybridized carbons (Fsp3) is 0.318. The van der Waals surface area contributed by atoms with Gasteiger partial charge in [0.25, 0.3) is 0 Å². The predicted molar refractivity (Wildman–Crippen MR) is 115 cm³/mol. The van der Waals surface area contributed by atoms with Gasteiger partial charge in [-0.05, 0) is 73.7 Å². The maximum absolute atomic E-state index is 14.0. The summed E-state index contributed by atoms with van der Waals surface area (Å²) in [6.07, 6.45) is 5.94. The van der Waals surface area contributed by atoms with E-state index in [0.29, 0.717) is 5.56 Å². The summed E-state index contributed by atoms with van der Waals surface area (Å²) in [5, 5.41) is 2.68. The van der Waals surface area contributed by atoms with E-state index in [2.05, 4.69) is 23.9 Å². The zero-order chi connectivity index (χ0) is 21.9. The first kappa shape index (κ1) is 21.8. The number of amides is 1. The van der Waals surface area contributed by atoms with Crippen LogP contribution in [0.3, 0.4) is 0 Å². The Kier molecular flexibility index (Phi) is 6.17. The molecule has 2 aromatic carbocycles. The van der Waals surface area contributed by atoms with Crippen LogP contribution in [-0.2, 0) is 27.8 Å². The number of anilines is 1. The molecule has 3 rings (SSSR count). The molecule has 0 unspecified atom stereocenters. The van der Waals surface area contributed by atoms with Gasteiger partial charge in [-0.15, -0.1) is 0 Å². The number of carbonyl (C=O) groups excluding carboxylic acids is 1. The number of hydrogen-bond acceptors (Lipinski definition) is 4. The number of nitrogens with one attached hydrogen (secondary N) is 2. The number of benzene rings is 2. The molecule has 30 heavy (non-hydrogen) atoms. The van der Waals surface area contributed by atoms with Gasteiger partial charge < -0.3 is 10.1 Å². The predicted octanol–water partition coefficient (Wildman–Crippen LogP) is 3.63. The molecule has 1 heterocycles. The Hall–Kier alpha value is -2.87. The van der Waals surface area contributed by atoms with Gasteiger partial charge in [0.2, 0.25) is 15.9 Å². The van der Waals surface area contributed by atoms with Crippen LogP contribution in [0.2, 0.25) is 0 Å². The third-order valence-corrected chi connectivity index (χ3v) is 5.28. The number of sulfonamides is 1. The highest BCUT2D eigenvalue weighted by molar-refractivity contribution is 7.92. The molecule has 160 valence electrons. The molecule has 0 saturated carbocycles. The second-order valence-electron chi connectivity index (χ2n) is 7.97. The van der Waals surface area contributed by atoms with Gasteiger partial charge in [-0.25, -0.2) is 12.8 Å². The third-order valence-electron chi connectivity index (χ3n) is 4.69. The SMILES string of the molecule is CC1(C)CCc2cc(/C=C/C(=O)NCc3ccc(NS(C)(=O)=O)c(F)c3)ccc2O1. The van der Waals surface area contributed by atoms with Crippen molar-refractivity contribution in [1.29, 1.82) is 0 Å². The van der Waals surface area contributed by atoms with Gasteiger partial charge >= 0.3 is 0 Å². The number of aryl methyl sites for hydroxylation is 1. The van der Waals surface area contributed by atoms with Crippen LogP contribution >= 0.6 is 0 Å². The van der Waals surface area contributed by atoms with E-state index < -0.39 is 15.8 Å². The van der Waals surface area contributed by atoms with Crippen molar-refractivity contribution < 1.29 is 22.3 Å². The Balaban J connectivity index is 1.57. The van der Waals surface area contributed by atoms with Gasteiger partial charge in [0.15, 0.2) is 0 Å². The number of hydrogen-bond donors (Lipinski definition) is 2. The maximum atomic E-state index is 14.0. The van der Waals surface area contributed by atoms with E-state index in [4.69, 9.17) is 4.74 Å². The first-order valence-corrected chi connectivity index (χ1v) is 11.4. The average molecular weight is 433 g/mol. The van der Waals surface area contributed by atoms with Crippen molar-refractivity contribution in [3.8, 4) is 5.75 Å². The zero-order valence-corrected chi connectivity index (χ0v) is 18.0. The summed E-state index contributed by atoms with van der Waals surface area (Å²) >= 11 is 0. The van der Waals surface area contributed by atoms with Crippen molar-refractivity contribution in [3.05, 3.63) is 65.0 Å². The minimum Gasteiger partial charge on any atom is -0.488 e. The molecule has 1 amide bonds. The van der Waals surface area contributed by atoms with Crippen LogP contribution in [0, 0.1) is 5.82 Å². The molecule has 6 nitrogen and oxygen atoms in total. The molecule has 2 N–H and O–H groups in total. The van der Waals surface area contributed by atoms with Crippen LogP contribution in [0.25, 0.3) is 6.08 Å². The topological polar surface area (TPSA) is 84.5 Å². The quantitative estimate of drug-likeness (QED) is 0.683. The highest BCUT2D eigenvalue weighted by Gasteiger charge is 2.26. The molecule has 2 aromatic rings. The third kappa shape index (κ3) is 6.06. The molecule has 0 aromatic heterocycles. The van der Waals surface area contributed by atoms with Gasteiger partial charge in [-0.3, -0.25) is 9.52 Å². The normalized spacial score (nSPS) is 15.3. The summed E-state index contributed by atoms with van der Waals surface area (Å²) in [5.74, 6) is -0.144. The minimum atomic E-state index is -3.56. The molecular weight excluding hydrogens is 407 g/mol. The van der Waals surface area contributed by atoms with E-state index in [1.165, 1.54) is 18.2 Å². The molecule has 1 aliphatic rings. The summed E-state index contributed by atoms with van der Waals surface area (Å²) in [6.45, 7) is 4.25. The van der Waals surface area contributed by atoms with Gasteiger partial charge in [0, 0.05) is 12.6 Å². The summed E-state index contributed by atoms with van der Waals surface area (Å²) in [4.78, 5) is 12.1. The minimum absolute atomic E-state index is 0.117. The Morgan fingerprint density at radius 1 is 1.23 bits per heavy atom. The van der Waals surface area contributed by atoms with Crippen molar-refractivity contribution in [2.75, 3.05) is 11.0 Å². The van der Waals surface area contributed by atoms with Gasteiger partial charge in [-0.2, -0.15) is 0 Å². The molecule has 0 spiro atoms. The fourth-order valence-electron chi connectivity index (χ4n) is 3.15. The summed E-state index contributed by atoms with van der Waals surface area (Å²) in [6, 6.07) is 9.88. The van der Waals surface area contributed by atoms with Crippen LogP contribution in [0.15, 0.2) is 42.5 Å². The van der Waals surface area contributed by atoms with Gasteiger partial charge in [-0.1, -0.05) is 12.1 Å². The Morgan fingerprint density at radius 2 is 2.00 bits per heavy atom. The van der Waals surface area contributed by atoms with Crippen LogP contribution in [0.1, 0.15) is 37.0 Å². The van der Waals surface area contributed by atoms with Crippen molar-refractivity contribution in [1.82, 2.24) is 5.32 Å². The molecule has 1 aliphatic heterocycles. The van der Waals surface area contributed by atoms with E-state index >= 15 is 0 Å². The van der Waals surface area contributed by atoms with Crippen LogP contribution < -0.4 is 14.8 Å². The van der Waals surface area contributed by atoms with E-state index in [9.17, 15) is 17.6 Å². The highest BCUT2D eigenvalue weighted by atomic mass is 32.2. The zero-order valence-electron chi connectivity index (χ0n) is 17.2. The second-order valence-corrected chi connectivity index (χ2v) is 9.72. The van der Waals surface area contributed by atoms with E-state index in [1.54, 1.807) is 12.1 Å². The Bertz CT molecular complexity index is 1090. The molecule has 0 bridgehead atoms. The van der Waals surface area contributed by atoms with Gasteiger partial charge in [0.05, 0.1) is 11.9 Å². The van der Waals surface area contributed by atoms with Crippen LogP contribution in [0.5, 0.6) is 5.75 Å². The van der Waals surface area contributed by atoms with E-state index in [1.807, 2.05) is 18.2 Å². The number of fused-ring (bicyclic) bond motifs is 1. The fourth-order valence-corrected chi connectivity index (χ4v) is 3.72. The number of halogens is 1. The molecule has 0 radical (unpaired) electrons. The smallest absolute Gasteiger partial charge is 0.244 e. The van der Waals surface area contributed by atoms with Crippen molar-refractivity contribution in [3.63, 3.8) is 0 Å². The summed E-state index contributed by atoms with van der Waals surface area (Å²) in [5.41, 5.74) is 2.24. The lowest BCUT2D eigenvalue weighted by molar-refractivity contribution is -0.116. The second kappa shape index (κ2) is 8.47. The summed E-state index contributed by atoms with van der Waals surface area (Å²) in [7, 11) is -3.56. The molecule has 0 saturated heterocycles. The molecule has 0 aliphatic carbocycles. The monoisotopic (exact) mass is 432 g/mol. The average Bonchev–Trinajstić information content (AvgIpc) is 2.65. The van der Waals surface area contributed by atoms with E-state index in [0.717, 1.165) is 36.0 Å². The Labute approximate surface area is 176 Å².